The van der Waals surface area contributed by atoms with E-state index in [4.69, 9.17) is 0 Å². The maximum atomic E-state index is 11.7. The number of ketones is 1. The van der Waals surface area contributed by atoms with Crippen molar-refractivity contribution in [1.29, 1.82) is 0 Å². The van der Waals surface area contributed by atoms with Crippen LogP contribution in [-0.4, -0.2) is 10.7 Å². The molecule has 0 heterocycles. The van der Waals surface area contributed by atoms with Gasteiger partial charge in [0.25, 0.3) is 5.69 Å². The summed E-state index contributed by atoms with van der Waals surface area (Å²) in [6.07, 6.45) is 4.77. The Kier molecular flexibility index (Phi) is 5.33. The number of rotatable bonds is 7. The van der Waals surface area contributed by atoms with Crippen LogP contribution in [0, 0.1) is 10.1 Å². The number of hydrogen-bond acceptors (Lipinski definition) is 3. The van der Waals surface area contributed by atoms with Crippen molar-refractivity contribution in [3.63, 3.8) is 0 Å². The first kappa shape index (κ1) is 13.4. The molecule has 0 unspecified atom stereocenters. The molecule has 0 aliphatic carbocycles. The zero-order chi connectivity index (χ0) is 12.7. The van der Waals surface area contributed by atoms with Crippen LogP contribution in [-0.2, 0) is 0 Å². The van der Waals surface area contributed by atoms with Gasteiger partial charge in [-0.25, -0.2) is 0 Å². The molecule has 0 aliphatic rings. The molecule has 1 aromatic carbocycles. The van der Waals surface area contributed by atoms with Crippen molar-refractivity contribution in [2.75, 3.05) is 0 Å². The van der Waals surface area contributed by atoms with Crippen molar-refractivity contribution in [3.05, 3.63) is 39.9 Å². The van der Waals surface area contributed by atoms with E-state index in [2.05, 4.69) is 6.92 Å². The Morgan fingerprint density at radius 1 is 1.18 bits per heavy atom. The predicted octanol–water partition coefficient (Wildman–Crippen LogP) is 3.75. The van der Waals surface area contributed by atoms with Gasteiger partial charge in [0.1, 0.15) is 0 Å². The fraction of sp³-hybridized carbons (Fsp3) is 0.462. The van der Waals surface area contributed by atoms with E-state index in [9.17, 15) is 14.9 Å². The first-order chi connectivity index (χ1) is 8.15. The molecule has 0 fully saturated rings. The number of Topliss-reactive ketones (excluding diaryl/α,β-unsaturated/α-hetero) is 1. The van der Waals surface area contributed by atoms with E-state index in [0.717, 1.165) is 25.7 Å². The Bertz CT molecular complexity index is 384. The summed E-state index contributed by atoms with van der Waals surface area (Å²) < 4.78 is 0. The molecule has 0 amide bonds. The number of hydrogen-bond donors (Lipinski definition) is 0. The Morgan fingerprint density at radius 2 is 1.82 bits per heavy atom. The summed E-state index contributed by atoms with van der Waals surface area (Å²) >= 11 is 0. The average molecular weight is 235 g/mol. The summed E-state index contributed by atoms with van der Waals surface area (Å²) in [5.41, 5.74) is 0.583. The van der Waals surface area contributed by atoms with Crippen molar-refractivity contribution < 1.29 is 9.72 Å². The molecule has 0 radical (unpaired) electrons. The molecule has 0 saturated carbocycles. The van der Waals surface area contributed by atoms with E-state index in [1.165, 1.54) is 24.3 Å². The van der Waals surface area contributed by atoms with E-state index in [-0.39, 0.29) is 11.5 Å². The molecule has 0 N–H and O–H groups in total. The standard InChI is InChI=1S/C13H17NO3/c1-2-3-4-5-6-13(15)11-7-9-12(10-8-11)14(16)17/h7-10H,2-6H2,1H3. The number of non-ortho nitro benzene ring substituents is 1. The molecule has 0 aliphatic heterocycles. The molecule has 4 nitrogen and oxygen atoms in total. The lowest BCUT2D eigenvalue weighted by molar-refractivity contribution is -0.384. The first-order valence-electron chi connectivity index (χ1n) is 5.92. The summed E-state index contributed by atoms with van der Waals surface area (Å²) in [5, 5.41) is 10.4. The van der Waals surface area contributed by atoms with Crippen LogP contribution in [0.3, 0.4) is 0 Å². The molecule has 1 rings (SSSR count). The van der Waals surface area contributed by atoms with Crippen LogP contribution < -0.4 is 0 Å². The summed E-state index contributed by atoms with van der Waals surface area (Å²) in [7, 11) is 0. The number of benzene rings is 1. The second-order valence-electron chi connectivity index (χ2n) is 4.04. The second-order valence-corrected chi connectivity index (χ2v) is 4.04. The fourth-order valence-electron chi connectivity index (χ4n) is 1.63. The molecule has 4 heteroatoms. The van der Waals surface area contributed by atoms with Crippen molar-refractivity contribution >= 4 is 11.5 Å². The third-order valence-electron chi connectivity index (χ3n) is 2.66. The minimum absolute atomic E-state index is 0.0209. The number of carbonyl (C=O) groups is 1. The lowest BCUT2D eigenvalue weighted by Crippen LogP contribution is -1.99. The van der Waals surface area contributed by atoms with Crippen molar-refractivity contribution in [1.82, 2.24) is 0 Å². The summed E-state index contributed by atoms with van der Waals surface area (Å²) in [4.78, 5) is 21.7. The summed E-state index contributed by atoms with van der Waals surface area (Å²) in [5.74, 6) is 0.0657. The van der Waals surface area contributed by atoms with Gasteiger partial charge in [0.2, 0.25) is 0 Å². The summed E-state index contributed by atoms with van der Waals surface area (Å²) in [6.45, 7) is 2.12. The highest BCUT2D eigenvalue weighted by Gasteiger charge is 2.08. The van der Waals surface area contributed by atoms with Crippen LogP contribution >= 0.6 is 0 Å². The topological polar surface area (TPSA) is 60.2 Å². The van der Waals surface area contributed by atoms with Gasteiger partial charge in [-0.3, -0.25) is 14.9 Å². The molecule has 0 bridgehead atoms. The Hall–Kier alpha value is -1.71. The van der Waals surface area contributed by atoms with Crippen molar-refractivity contribution in [3.8, 4) is 0 Å². The minimum atomic E-state index is -0.463. The lowest BCUT2D eigenvalue weighted by atomic mass is 10.0. The van der Waals surface area contributed by atoms with Crippen molar-refractivity contribution in [2.45, 2.75) is 39.0 Å². The van der Waals surface area contributed by atoms with E-state index in [0.29, 0.717) is 12.0 Å². The SMILES string of the molecule is CCCCCCC(=O)c1ccc([N+](=O)[O-])cc1. The van der Waals surface area contributed by atoms with Gasteiger partial charge >= 0.3 is 0 Å². The Labute approximate surface area is 101 Å². The molecular weight excluding hydrogens is 218 g/mol. The van der Waals surface area contributed by atoms with Crippen LogP contribution in [0.1, 0.15) is 49.4 Å². The highest BCUT2D eigenvalue weighted by Crippen LogP contribution is 2.14. The third kappa shape index (κ3) is 4.34. The lowest BCUT2D eigenvalue weighted by Gasteiger charge is -2.00. The van der Waals surface area contributed by atoms with E-state index in [1.54, 1.807) is 0 Å². The zero-order valence-electron chi connectivity index (χ0n) is 10.0. The number of nitro benzene ring substituents is 1. The number of nitro groups is 1. The largest absolute Gasteiger partial charge is 0.294 e. The molecule has 1 aromatic rings. The average Bonchev–Trinajstić information content (AvgIpc) is 2.34. The van der Waals surface area contributed by atoms with Crippen LogP contribution in [0.4, 0.5) is 5.69 Å². The van der Waals surface area contributed by atoms with Gasteiger partial charge in [0.05, 0.1) is 4.92 Å². The van der Waals surface area contributed by atoms with Crippen LogP contribution in [0.15, 0.2) is 24.3 Å². The maximum absolute atomic E-state index is 11.7. The second kappa shape index (κ2) is 6.78. The highest BCUT2D eigenvalue weighted by atomic mass is 16.6. The molecule has 0 spiro atoms. The molecular formula is C13H17NO3. The van der Waals surface area contributed by atoms with Crippen LogP contribution in [0.2, 0.25) is 0 Å². The summed E-state index contributed by atoms with van der Waals surface area (Å²) in [6, 6.07) is 5.80. The quantitative estimate of drug-likeness (QED) is 0.313. The van der Waals surface area contributed by atoms with Gasteiger partial charge in [-0.2, -0.15) is 0 Å². The molecule has 17 heavy (non-hydrogen) atoms. The smallest absolute Gasteiger partial charge is 0.269 e. The maximum Gasteiger partial charge on any atom is 0.269 e. The van der Waals surface area contributed by atoms with Crippen LogP contribution in [0.25, 0.3) is 0 Å². The van der Waals surface area contributed by atoms with Gasteiger partial charge < -0.3 is 0 Å². The molecule has 0 aromatic heterocycles. The molecule has 92 valence electrons. The van der Waals surface area contributed by atoms with Gasteiger partial charge in [0, 0.05) is 24.1 Å². The van der Waals surface area contributed by atoms with Gasteiger partial charge in [-0.1, -0.05) is 26.2 Å². The zero-order valence-corrected chi connectivity index (χ0v) is 10.0. The number of carbonyl (C=O) groups excluding carboxylic acids is 1. The molecule has 0 saturated heterocycles. The number of unbranched alkanes of at least 4 members (excludes halogenated alkanes) is 3. The van der Waals surface area contributed by atoms with Gasteiger partial charge in [0.15, 0.2) is 5.78 Å². The van der Waals surface area contributed by atoms with Gasteiger partial charge in [-0.05, 0) is 18.6 Å². The molecule has 0 atom stereocenters. The predicted molar refractivity (Wildman–Crippen MR) is 66.2 cm³/mol. The monoisotopic (exact) mass is 235 g/mol. The van der Waals surface area contributed by atoms with E-state index >= 15 is 0 Å². The fourth-order valence-corrected chi connectivity index (χ4v) is 1.63. The van der Waals surface area contributed by atoms with Gasteiger partial charge in [-0.15, -0.1) is 0 Å². The normalized spacial score (nSPS) is 10.2. The van der Waals surface area contributed by atoms with E-state index in [1.807, 2.05) is 0 Å². The number of nitrogens with zero attached hydrogens (tertiary/aromatic N) is 1. The Balaban J connectivity index is 2.49. The minimum Gasteiger partial charge on any atom is -0.294 e. The highest BCUT2D eigenvalue weighted by molar-refractivity contribution is 5.96. The third-order valence-corrected chi connectivity index (χ3v) is 2.66. The Morgan fingerprint density at radius 3 is 2.35 bits per heavy atom. The van der Waals surface area contributed by atoms with E-state index < -0.39 is 4.92 Å². The van der Waals surface area contributed by atoms with Crippen molar-refractivity contribution in [2.24, 2.45) is 0 Å². The van der Waals surface area contributed by atoms with Crippen LogP contribution in [0.5, 0.6) is 0 Å². The first-order valence-corrected chi connectivity index (χ1v) is 5.92.